The highest BCUT2D eigenvalue weighted by Crippen LogP contribution is 2.20. The molecule has 1 aromatic carbocycles. The number of carbonyl (C=O) groups excluding carboxylic acids is 1. The maximum atomic E-state index is 11.8. The van der Waals surface area contributed by atoms with Crippen molar-refractivity contribution in [2.75, 3.05) is 19.4 Å². The van der Waals surface area contributed by atoms with Crippen molar-refractivity contribution in [2.24, 2.45) is 4.99 Å². The van der Waals surface area contributed by atoms with Crippen LogP contribution in [0, 0.1) is 6.92 Å². The SMILES string of the molecule is CCc1cccc(C)c1NC(=O)NC(=NC)NC. The second-order valence-corrected chi connectivity index (χ2v) is 3.86. The number of hydrogen-bond donors (Lipinski definition) is 3. The van der Waals surface area contributed by atoms with Crippen molar-refractivity contribution in [1.29, 1.82) is 0 Å². The molecule has 0 aliphatic rings. The molecule has 2 amide bonds. The molecule has 0 saturated heterocycles. The van der Waals surface area contributed by atoms with Crippen molar-refractivity contribution < 1.29 is 4.79 Å². The Kier molecular flexibility index (Phi) is 5.17. The summed E-state index contributed by atoms with van der Waals surface area (Å²) in [7, 11) is 3.31. The zero-order chi connectivity index (χ0) is 13.5. The van der Waals surface area contributed by atoms with Crippen molar-refractivity contribution in [3.05, 3.63) is 29.3 Å². The van der Waals surface area contributed by atoms with E-state index in [0.717, 1.165) is 23.2 Å². The van der Waals surface area contributed by atoms with E-state index in [9.17, 15) is 4.79 Å². The molecular weight excluding hydrogens is 228 g/mol. The van der Waals surface area contributed by atoms with E-state index in [0.29, 0.717) is 5.96 Å². The van der Waals surface area contributed by atoms with Crippen LogP contribution >= 0.6 is 0 Å². The summed E-state index contributed by atoms with van der Waals surface area (Å²) in [5, 5.41) is 8.28. The Labute approximate surface area is 108 Å². The van der Waals surface area contributed by atoms with Gasteiger partial charge in [0.2, 0.25) is 0 Å². The molecular formula is C13H20N4O. The molecule has 1 rings (SSSR count). The van der Waals surface area contributed by atoms with E-state index in [1.54, 1.807) is 14.1 Å². The molecule has 1 aromatic rings. The summed E-state index contributed by atoms with van der Waals surface area (Å²) in [4.78, 5) is 15.7. The van der Waals surface area contributed by atoms with Gasteiger partial charge in [-0.2, -0.15) is 0 Å². The smallest absolute Gasteiger partial charge is 0.326 e. The third-order valence-corrected chi connectivity index (χ3v) is 2.67. The molecule has 98 valence electrons. The van der Waals surface area contributed by atoms with E-state index in [-0.39, 0.29) is 6.03 Å². The average Bonchev–Trinajstić information content (AvgIpc) is 2.38. The van der Waals surface area contributed by atoms with Crippen LogP contribution in [0.5, 0.6) is 0 Å². The number of nitrogens with zero attached hydrogens (tertiary/aromatic N) is 1. The van der Waals surface area contributed by atoms with Gasteiger partial charge in [0.25, 0.3) is 0 Å². The number of aliphatic imine (C=N–C) groups is 1. The normalized spacial score (nSPS) is 11.0. The number of urea groups is 1. The monoisotopic (exact) mass is 248 g/mol. The minimum Gasteiger partial charge on any atom is -0.359 e. The lowest BCUT2D eigenvalue weighted by atomic mass is 10.1. The number of carbonyl (C=O) groups is 1. The average molecular weight is 248 g/mol. The predicted molar refractivity (Wildman–Crippen MR) is 75.1 cm³/mol. The lowest BCUT2D eigenvalue weighted by Gasteiger charge is -2.14. The number of anilines is 1. The van der Waals surface area contributed by atoms with Gasteiger partial charge < -0.3 is 10.6 Å². The summed E-state index contributed by atoms with van der Waals surface area (Å²) in [6.07, 6.45) is 0.873. The second-order valence-electron chi connectivity index (χ2n) is 3.86. The van der Waals surface area contributed by atoms with Crippen LogP contribution in [0.2, 0.25) is 0 Å². The molecule has 0 aromatic heterocycles. The fourth-order valence-electron chi connectivity index (χ4n) is 1.68. The number of guanidine groups is 1. The number of nitrogens with one attached hydrogen (secondary N) is 3. The van der Waals surface area contributed by atoms with Gasteiger partial charge in [0.05, 0.1) is 0 Å². The maximum absolute atomic E-state index is 11.8. The lowest BCUT2D eigenvalue weighted by molar-refractivity contribution is 0.256. The van der Waals surface area contributed by atoms with Gasteiger partial charge in [0, 0.05) is 19.8 Å². The van der Waals surface area contributed by atoms with E-state index < -0.39 is 0 Å². The van der Waals surface area contributed by atoms with E-state index in [2.05, 4.69) is 27.9 Å². The first-order valence-corrected chi connectivity index (χ1v) is 5.93. The zero-order valence-electron chi connectivity index (χ0n) is 11.3. The molecule has 0 unspecified atom stereocenters. The highest BCUT2D eigenvalue weighted by Gasteiger charge is 2.09. The summed E-state index contributed by atoms with van der Waals surface area (Å²) in [6.45, 7) is 4.03. The third kappa shape index (κ3) is 3.48. The summed E-state index contributed by atoms with van der Waals surface area (Å²) in [6, 6.07) is 5.68. The molecule has 0 bridgehead atoms. The molecule has 0 aliphatic carbocycles. The Bertz CT molecular complexity index is 454. The summed E-state index contributed by atoms with van der Waals surface area (Å²) in [5.74, 6) is 0.430. The molecule has 5 nitrogen and oxygen atoms in total. The van der Waals surface area contributed by atoms with Gasteiger partial charge >= 0.3 is 6.03 Å². The minimum absolute atomic E-state index is 0.297. The van der Waals surface area contributed by atoms with Crippen molar-refractivity contribution in [3.8, 4) is 0 Å². The van der Waals surface area contributed by atoms with E-state index in [1.165, 1.54) is 0 Å². The Morgan fingerprint density at radius 1 is 1.39 bits per heavy atom. The lowest BCUT2D eigenvalue weighted by Crippen LogP contribution is -2.41. The fourth-order valence-corrected chi connectivity index (χ4v) is 1.68. The van der Waals surface area contributed by atoms with Crippen LogP contribution in [-0.4, -0.2) is 26.1 Å². The second kappa shape index (κ2) is 6.64. The molecule has 0 fully saturated rings. The first kappa shape index (κ1) is 14.0. The molecule has 0 atom stereocenters. The molecule has 0 spiro atoms. The van der Waals surface area contributed by atoms with Gasteiger partial charge in [-0.3, -0.25) is 10.3 Å². The van der Waals surface area contributed by atoms with Crippen molar-refractivity contribution in [2.45, 2.75) is 20.3 Å². The standard InChI is InChI=1S/C13H20N4O/c1-5-10-8-6-7-9(2)11(10)16-13(18)17-12(14-3)15-4/h6-8H,5H2,1-4H3,(H3,14,15,16,17,18). The molecule has 18 heavy (non-hydrogen) atoms. The van der Waals surface area contributed by atoms with Gasteiger partial charge in [-0.25, -0.2) is 4.79 Å². The first-order valence-electron chi connectivity index (χ1n) is 5.93. The number of para-hydroxylation sites is 1. The predicted octanol–water partition coefficient (Wildman–Crippen LogP) is 1.88. The minimum atomic E-state index is -0.297. The molecule has 5 heteroatoms. The van der Waals surface area contributed by atoms with Crippen molar-refractivity contribution in [1.82, 2.24) is 10.6 Å². The number of benzene rings is 1. The third-order valence-electron chi connectivity index (χ3n) is 2.67. The van der Waals surface area contributed by atoms with Gasteiger partial charge in [-0.1, -0.05) is 25.1 Å². The fraction of sp³-hybridized carbons (Fsp3) is 0.385. The van der Waals surface area contributed by atoms with Crippen LogP contribution in [0.3, 0.4) is 0 Å². The Morgan fingerprint density at radius 3 is 2.67 bits per heavy atom. The Morgan fingerprint density at radius 2 is 2.11 bits per heavy atom. The van der Waals surface area contributed by atoms with Gasteiger partial charge in [0.1, 0.15) is 0 Å². The van der Waals surface area contributed by atoms with Crippen LogP contribution < -0.4 is 16.0 Å². The topological polar surface area (TPSA) is 65.5 Å². The van der Waals surface area contributed by atoms with Crippen LogP contribution in [0.15, 0.2) is 23.2 Å². The number of hydrogen-bond acceptors (Lipinski definition) is 2. The molecule has 0 radical (unpaired) electrons. The van der Waals surface area contributed by atoms with Crippen LogP contribution in [0.4, 0.5) is 10.5 Å². The molecule has 0 saturated carbocycles. The van der Waals surface area contributed by atoms with Crippen molar-refractivity contribution >= 4 is 17.7 Å². The maximum Gasteiger partial charge on any atom is 0.326 e. The van der Waals surface area contributed by atoms with Gasteiger partial charge in [0.15, 0.2) is 5.96 Å². The largest absolute Gasteiger partial charge is 0.359 e. The quantitative estimate of drug-likeness (QED) is 0.552. The van der Waals surface area contributed by atoms with Gasteiger partial charge in [-0.15, -0.1) is 0 Å². The molecule has 0 aliphatic heterocycles. The summed E-state index contributed by atoms with van der Waals surface area (Å²) >= 11 is 0. The zero-order valence-corrected chi connectivity index (χ0v) is 11.3. The number of aryl methyl sites for hydroxylation is 2. The van der Waals surface area contributed by atoms with Crippen LogP contribution in [0.25, 0.3) is 0 Å². The Hall–Kier alpha value is -2.04. The van der Waals surface area contributed by atoms with Crippen LogP contribution in [-0.2, 0) is 6.42 Å². The Balaban J connectivity index is 2.82. The number of rotatable bonds is 2. The molecule has 0 heterocycles. The van der Waals surface area contributed by atoms with Crippen LogP contribution in [0.1, 0.15) is 18.1 Å². The number of amides is 2. The van der Waals surface area contributed by atoms with E-state index >= 15 is 0 Å². The van der Waals surface area contributed by atoms with Gasteiger partial charge in [-0.05, 0) is 24.5 Å². The van der Waals surface area contributed by atoms with Crippen molar-refractivity contribution in [3.63, 3.8) is 0 Å². The highest BCUT2D eigenvalue weighted by atomic mass is 16.2. The molecule has 3 N–H and O–H groups in total. The first-order chi connectivity index (χ1) is 8.62. The van der Waals surface area contributed by atoms with E-state index in [1.807, 2.05) is 25.1 Å². The summed E-state index contributed by atoms with van der Waals surface area (Å²) in [5.41, 5.74) is 3.03. The summed E-state index contributed by atoms with van der Waals surface area (Å²) < 4.78 is 0. The van der Waals surface area contributed by atoms with E-state index in [4.69, 9.17) is 0 Å². The highest BCUT2D eigenvalue weighted by molar-refractivity contribution is 6.02.